The highest BCUT2D eigenvalue weighted by atomic mass is 35.7. The molecule has 0 fully saturated rings. The largest absolute Gasteiger partial charge is 0.261 e. The van der Waals surface area contributed by atoms with Crippen LogP contribution in [-0.2, 0) is 21.9 Å². The van der Waals surface area contributed by atoms with E-state index in [1.807, 2.05) is 0 Å². The molecule has 0 atom stereocenters. The minimum atomic E-state index is -3.79. The monoisotopic (exact) mass is 315 g/mol. The number of nitrogens with zero attached hydrogens (tertiary/aromatic N) is 1. The number of benzene rings is 1. The van der Waals surface area contributed by atoms with E-state index >= 15 is 0 Å². The van der Waals surface area contributed by atoms with Crippen LogP contribution in [0.5, 0.6) is 0 Å². The van der Waals surface area contributed by atoms with E-state index in [-0.39, 0.29) is 10.0 Å². The van der Waals surface area contributed by atoms with Gasteiger partial charge in [-0.1, -0.05) is 11.6 Å². The molecule has 0 spiro atoms. The van der Waals surface area contributed by atoms with E-state index in [4.69, 9.17) is 22.3 Å². The summed E-state index contributed by atoms with van der Waals surface area (Å²) >= 11 is 5.87. The van der Waals surface area contributed by atoms with Gasteiger partial charge in [0.15, 0.2) is 0 Å². The quantitative estimate of drug-likeness (QED) is 0.595. The number of pyridine rings is 1. The molecule has 0 aliphatic heterocycles. The summed E-state index contributed by atoms with van der Waals surface area (Å²) in [5.41, 5.74) is 2.23. The third kappa shape index (κ3) is 2.33. The zero-order valence-corrected chi connectivity index (χ0v) is 12.3. The summed E-state index contributed by atoms with van der Waals surface area (Å²) in [7, 11) is 1.75. The van der Waals surface area contributed by atoms with Crippen molar-refractivity contribution in [1.82, 2.24) is 4.98 Å². The minimum absolute atomic E-state index is 0.133. The number of halogens is 2. The molecule has 0 radical (unpaired) electrons. The molecule has 19 heavy (non-hydrogen) atoms. The van der Waals surface area contributed by atoms with Crippen molar-refractivity contribution in [2.45, 2.75) is 30.6 Å². The van der Waals surface area contributed by atoms with Gasteiger partial charge in [0.1, 0.15) is 5.15 Å². The standard InChI is InChI=1S/C13H11Cl2NO2S/c14-13-6-10-11(7-16-13)9-4-2-1-3-8(9)5-12(10)19(15,17)18/h5-7H,1-4H2. The van der Waals surface area contributed by atoms with Gasteiger partial charge in [0.05, 0.1) is 4.90 Å². The van der Waals surface area contributed by atoms with Crippen molar-refractivity contribution in [3.8, 4) is 0 Å². The minimum Gasteiger partial charge on any atom is -0.244 e. The molecular weight excluding hydrogens is 305 g/mol. The third-order valence-electron chi connectivity index (χ3n) is 3.54. The van der Waals surface area contributed by atoms with Gasteiger partial charge in [0.2, 0.25) is 0 Å². The summed E-state index contributed by atoms with van der Waals surface area (Å²) < 4.78 is 23.5. The van der Waals surface area contributed by atoms with Gasteiger partial charge in [-0.15, -0.1) is 0 Å². The average Bonchev–Trinajstić information content (AvgIpc) is 2.36. The van der Waals surface area contributed by atoms with Crippen molar-refractivity contribution >= 4 is 42.1 Å². The Morgan fingerprint density at radius 1 is 1.11 bits per heavy atom. The second kappa shape index (κ2) is 4.62. The maximum atomic E-state index is 11.7. The van der Waals surface area contributed by atoms with Gasteiger partial charge in [-0.05, 0) is 48.9 Å². The summed E-state index contributed by atoms with van der Waals surface area (Å²) in [6.45, 7) is 0. The molecule has 1 heterocycles. The van der Waals surface area contributed by atoms with E-state index < -0.39 is 9.05 Å². The van der Waals surface area contributed by atoms with Crippen molar-refractivity contribution in [3.63, 3.8) is 0 Å². The Balaban J connectivity index is 2.46. The fourth-order valence-electron chi connectivity index (χ4n) is 2.71. The van der Waals surface area contributed by atoms with Crippen LogP contribution >= 0.6 is 22.3 Å². The van der Waals surface area contributed by atoms with E-state index in [1.54, 1.807) is 18.3 Å². The van der Waals surface area contributed by atoms with Gasteiger partial charge in [0.25, 0.3) is 9.05 Å². The van der Waals surface area contributed by atoms with Crippen molar-refractivity contribution in [1.29, 1.82) is 0 Å². The Kier molecular flexibility index (Phi) is 3.20. The highest BCUT2D eigenvalue weighted by molar-refractivity contribution is 8.14. The topological polar surface area (TPSA) is 47.0 Å². The molecule has 0 N–H and O–H groups in total. The van der Waals surface area contributed by atoms with Gasteiger partial charge >= 0.3 is 0 Å². The number of hydrogen-bond acceptors (Lipinski definition) is 3. The zero-order valence-electron chi connectivity index (χ0n) is 9.99. The van der Waals surface area contributed by atoms with Gasteiger partial charge in [0, 0.05) is 27.7 Å². The number of hydrogen-bond donors (Lipinski definition) is 0. The summed E-state index contributed by atoms with van der Waals surface area (Å²) in [5.74, 6) is 0. The second-order valence-electron chi connectivity index (χ2n) is 4.71. The Labute approximate surface area is 121 Å². The summed E-state index contributed by atoms with van der Waals surface area (Å²) in [5, 5.41) is 1.68. The summed E-state index contributed by atoms with van der Waals surface area (Å²) in [6.07, 6.45) is 5.65. The lowest BCUT2D eigenvalue weighted by molar-refractivity contribution is 0.610. The molecule has 2 aromatic rings. The Bertz CT molecular complexity index is 772. The second-order valence-corrected chi connectivity index (χ2v) is 7.63. The molecule has 6 heteroatoms. The molecule has 100 valence electrons. The van der Waals surface area contributed by atoms with Crippen molar-refractivity contribution < 1.29 is 8.42 Å². The molecule has 1 aromatic carbocycles. The Morgan fingerprint density at radius 2 is 1.84 bits per heavy atom. The predicted octanol–water partition coefficient (Wildman–Crippen LogP) is 3.69. The van der Waals surface area contributed by atoms with Crippen LogP contribution in [0.15, 0.2) is 23.2 Å². The maximum Gasteiger partial charge on any atom is 0.261 e. The lowest BCUT2D eigenvalue weighted by Gasteiger charge is -2.19. The molecule has 3 nitrogen and oxygen atoms in total. The van der Waals surface area contributed by atoms with Gasteiger partial charge in [-0.3, -0.25) is 0 Å². The molecule has 0 unspecified atom stereocenters. The smallest absolute Gasteiger partial charge is 0.244 e. The molecule has 1 aromatic heterocycles. The molecule has 3 rings (SSSR count). The van der Waals surface area contributed by atoms with E-state index in [0.717, 1.165) is 36.6 Å². The molecule has 0 bridgehead atoms. The number of aryl methyl sites for hydroxylation is 2. The van der Waals surface area contributed by atoms with E-state index in [0.29, 0.717) is 5.39 Å². The van der Waals surface area contributed by atoms with Crippen LogP contribution in [0.2, 0.25) is 5.15 Å². The van der Waals surface area contributed by atoms with Crippen LogP contribution < -0.4 is 0 Å². The van der Waals surface area contributed by atoms with Gasteiger partial charge in [-0.2, -0.15) is 0 Å². The van der Waals surface area contributed by atoms with Crippen LogP contribution in [0.25, 0.3) is 10.8 Å². The lowest BCUT2D eigenvalue weighted by Crippen LogP contribution is -2.06. The van der Waals surface area contributed by atoms with Crippen LogP contribution in [-0.4, -0.2) is 13.4 Å². The molecule has 0 amide bonds. The molecular formula is C13H11Cl2NO2S. The molecule has 1 aliphatic carbocycles. The number of rotatable bonds is 1. The van der Waals surface area contributed by atoms with Crippen LogP contribution in [0, 0.1) is 0 Å². The highest BCUT2D eigenvalue weighted by Gasteiger charge is 2.21. The highest BCUT2D eigenvalue weighted by Crippen LogP contribution is 2.35. The van der Waals surface area contributed by atoms with Crippen LogP contribution in [0.4, 0.5) is 0 Å². The molecule has 0 saturated heterocycles. The first-order valence-corrected chi connectivity index (χ1v) is 8.70. The van der Waals surface area contributed by atoms with Gasteiger partial charge < -0.3 is 0 Å². The average molecular weight is 316 g/mol. The SMILES string of the molecule is O=S(=O)(Cl)c1cc2c(c3cnc(Cl)cc13)CCCC2. The lowest BCUT2D eigenvalue weighted by atomic mass is 9.88. The van der Waals surface area contributed by atoms with E-state index in [9.17, 15) is 8.42 Å². The first-order chi connectivity index (χ1) is 8.97. The number of aromatic nitrogens is 1. The maximum absolute atomic E-state index is 11.7. The fraction of sp³-hybridized carbons (Fsp3) is 0.308. The van der Waals surface area contributed by atoms with Crippen molar-refractivity contribution in [2.24, 2.45) is 0 Å². The third-order valence-corrected chi connectivity index (χ3v) is 5.11. The summed E-state index contributed by atoms with van der Waals surface area (Å²) in [6, 6.07) is 3.26. The normalized spacial score (nSPS) is 15.5. The summed E-state index contributed by atoms with van der Waals surface area (Å²) in [4.78, 5) is 4.20. The van der Waals surface area contributed by atoms with Crippen molar-refractivity contribution in [2.75, 3.05) is 0 Å². The van der Waals surface area contributed by atoms with Crippen molar-refractivity contribution in [3.05, 3.63) is 34.6 Å². The Morgan fingerprint density at radius 3 is 2.58 bits per heavy atom. The Hall–Kier alpha value is -0.840. The number of fused-ring (bicyclic) bond motifs is 3. The van der Waals surface area contributed by atoms with Crippen LogP contribution in [0.3, 0.4) is 0 Å². The molecule has 1 aliphatic rings. The molecule has 0 saturated carbocycles. The van der Waals surface area contributed by atoms with E-state index in [1.165, 1.54) is 5.56 Å². The van der Waals surface area contributed by atoms with Crippen LogP contribution in [0.1, 0.15) is 24.0 Å². The predicted molar refractivity (Wildman–Crippen MR) is 76.4 cm³/mol. The van der Waals surface area contributed by atoms with E-state index in [2.05, 4.69) is 4.98 Å². The fourth-order valence-corrected chi connectivity index (χ4v) is 3.96. The zero-order chi connectivity index (χ0) is 13.6. The first kappa shape index (κ1) is 13.2. The first-order valence-electron chi connectivity index (χ1n) is 6.01. The van der Waals surface area contributed by atoms with Gasteiger partial charge in [-0.25, -0.2) is 13.4 Å².